The minimum atomic E-state index is -3.90. The highest BCUT2D eigenvalue weighted by molar-refractivity contribution is 7.91. The largest absolute Gasteiger partial charge is 0.411 e. The number of aryl methyl sites for hydroxylation is 1. The molecule has 0 saturated carbocycles. The van der Waals surface area contributed by atoms with Crippen molar-refractivity contribution < 1.29 is 31.0 Å². The average Bonchev–Trinajstić information content (AvgIpc) is 2.94. The van der Waals surface area contributed by atoms with E-state index in [1.807, 2.05) is 0 Å². The summed E-state index contributed by atoms with van der Waals surface area (Å²) < 4.78 is 53.6. The van der Waals surface area contributed by atoms with Gasteiger partial charge in [0.1, 0.15) is 5.56 Å². The lowest BCUT2D eigenvalue weighted by Gasteiger charge is -2.21. The van der Waals surface area contributed by atoms with E-state index in [4.69, 9.17) is 4.18 Å². The third-order valence-corrected chi connectivity index (χ3v) is 6.60. The Hall–Kier alpha value is -2.73. The van der Waals surface area contributed by atoms with Crippen molar-refractivity contribution >= 4 is 31.5 Å². The normalized spacial score (nSPS) is 17.3. The zero-order valence-electron chi connectivity index (χ0n) is 15.2. The molecule has 1 aliphatic rings. The van der Waals surface area contributed by atoms with Crippen LogP contribution in [-0.4, -0.2) is 55.3 Å². The van der Waals surface area contributed by atoms with E-state index in [0.29, 0.717) is 5.56 Å². The number of aromatic nitrogens is 2. The predicted octanol–water partition coefficient (Wildman–Crippen LogP) is 0.654. The van der Waals surface area contributed by atoms with E-state index in [1.165, 1.54) is 32.3 Å². The van der Waals surface area contributed by atoms with Crippen LogP contribution in [0, 0.1) is 6.92 Å². The third-order valence-electron chi connectivity index (χ3n) is 4.38. The van der Waals surface area contributed by atoms with Crippen molar-refractivity contribution in [3.05, 3.63) is 40.6 Å². The Kier molecular flexibility index (Phi) is 4.79. The molecule has 1 aromatic carbocycles. The molecule has 1 aromatic heterocycles. The van der Waals surface area contributed by atoms with Gasteiger partial charge in [0.2, 0.25) is 5.88 Å². The van der Waals surface area contributed by atoms with Crippen LogP contribution in [0.15, 0.2) is 28.4 Å². The maximum Gasteiger partial charge on any atom is 0.307 e. The van der Waals surface area contributed by atoms with Gasteiger partial charge in [0, 0.05) is 24.6 Å². The molecular weight excluding hydrogens is 410 g/mol. The van der Waals surface area contributed by atoms with Crippen molar-refractivity contribution in [2.24, 2.45) is 12.2 Å². The minimum absolute atomic E-state index is 0.0135. The summed E-state index contributed by atoms with van der Waals surface area (Å²) in [5.74, 6) is -1.05. The van der Waals surface area contributed by atoms with Crippen molar-refractivity contribution in [3.8, 4) is 5.88 Å². The standard InChI is InChI=1S/C16H17N3O7S2/c1-9-10(4-5-13-14(9)12(18-21)6-7-28(13,24)25)15(20)11-8-17-19(2)16(11)26-27(3,22)23/h4-5,8,21H,6-7H2,1-3H3/b18-12+. The molecule has 0 spiro atoms. The summed E-state index contributed by atoms with van der Waals surface area (Å²) in [4.78, 5) is 13.0. The Bertz CT molecular complexity index is 1230. The average molecular weight is 427 g/mol. The first-order valence-corrected chi connectivity index (χ1v) is 11.5. The molecule has 0 radical (unpaired) electrons. The highest BCUT2D eigenvalue weighted by atomic mass is 32.2. The molecule has 2 heterocycles. The van der Waals surface area contributed by atoms with Crippen LogP contribution in [0.25, 0.3) is 0 Å². The summed E-state index contributed by atoms with van der Waals surface area (Å²) in [6.45, 7) is 1.53. The van der Waals surface area contributed by atoms with Gasteiger partial charge in [0.15, 0.2) is 15.6 Å². The van der Waals surface area contributed by atoms with Gasteiger partial charge in [-0.2, -0.15) is 13.5 Å². The Balaban J connectivity index is 2.19. The number of carbonyl (C=O) groups excluding carboxylic acids is 1. The number of carbonyl (C=O) groups is 1. The van der Waals surface area contributed by atoms with Crippen LogP contribution in [0.5, 0.6) is 5.88 Å². The number of oxime groups is 1. The van der Waals surface area contributed by atoms with Crippen LogP contribution in [0.3, 0.4) is 0 Å². The molecule has 10 nitrogen and oxygen atoms in total. The highest BCUT2D eigenvalue weighted by Gasteiger charge is 2.32. The number of fused-ring (bicyclic) bond motifs is 1. The van der Waals surface area contributed by atoms with E-state index in [0.717, 1.165) is 10.9 Å². The van der Waals surface area contributed by atoms with Crippen molar-refractivity contribution in [1.82, 2.24) is 9.78 Å². The molecule has 0 aliphatic carbocycles. The molecule has 0 unspecified atom stereocenters. The van der Waals surface area contributed by atoms with Gasteiger partial charge in [-0.3, -0.25) is 4.79 Å². The van der Waals surface area contributed by atoms with Crippen LogP contribution < -0.4 is 4.18 Å². The van der Waals surface area contributed by atoms with E-state index in [2.05, 4.69) is 10.3 Å². The van der Waals surface area contributed by atoms with Gasteiger partial charge in [0.05, 0.1) is 28.8 Å². The Morgan fingerprint density at radius 2 is 2.00 bits per heavy atom. The molecule has 0 bridgehead atoms. The predicted molar refractivity (Wildman–Crippen MR) is 98.3 cm³/mol. The maximum atomic E-state index is 13.0. The first-order chi connectivity index (χ1) is 13.0. The summed E-state index contributed by atoms with van der Waals surface area (Å²) in [6.07, 6.45) is 2.02. The number of sulfone groups is 1. The molecule has 150 valence electrons. The zero-order chi connectivity index (χ0) is 20.9. The summed E-state index contributed by atoms with van der Waals surface area (Å²) in [5, 5.41) is 16.3. The zero-order valence-corrected chi connectivity index (χ0v) is 16.8. The SMILES string of the molecule is Cc1c(C(=O)c2cnn(C)c2OS(C)(=O)=O)ccc2c1/C(=N/O)CCS2(=O)=O. The van der Waals surface area contributed by atoms with Gasteiger partial charge in [-0.05, 0) is 24.6 Å². The molecule has 1 aliphatic heterocycles. The highest BCUT2D eigenvalue weighted by Crippen LogP contribution is 2.32. The van der Waals surface area contributed by atoms with Crippen LogP contribution in [0.4, 0.5) is 0 Å². The van der Waals surface area contributed by atoms with Crippen LogP contribution in [0.2, 0.25) is 0 Å². The van der Waals surface area contributed by atoms with E-state index in [1.54, 1.807) is 0 Å². The molecule has 3 rings (SSSR count). The van der Waals surface area contributed by atoms with E-state index < -0.39 is 25.7 Å². The molecule has 0 saturated heterocycles. The minimum Gasteiger partial charge on any atom is -0.411 e. The second-order valence-corrected chi connectivity index (χ2v) is 9.98. The summed E-state index contributed by atoms with van der Waals surface area (Å²) in [6, 6.07) is 2.62. The van der Waals surface area contributed by atoms with Gasteiger partial charge in [-0.1, -0.05) is 5.16 Å². The van der Waals surface area contributed by atoms with E-state index in [-0.39, 0.29) is 45.4 Å². The summed E-state index contributed by atoms with van der Waals surface area (Å²) >= 11 is 0. The number of benzene rings is 1. The van der Waals surface area contributed by atoms with Crippen LogP contribution in [-0.2, 0) is 27.0 Å². The topological polar surface area (TPSA) is 145 Å². The van der Waals surface area contributed by atoms with Crippen molar-refractivity contribution in [2.75, 3.05) is 12.0 Å². The quantitative estimate of drug-likeness (QED) is 0.324. The molecule has 0 atom stereocenters. The molecule has 2 aromatic rings. The van der Waals surface area contributed by atoms with Gasteiger partial charge in [0.25, 0.3) is 0 Å². The van der Waals surface area contributed by atoms with E-state index >= 15 is 0 Å². The number of rotatable bonds is 4. The van der Waals surface area contributed by atoms with Crippen LogP contribution in [0.1, 0.15) is 33.5 Å². The molecule has 28 heavy (non-hydrogen) atoms. The molecule has 0 fully saturated rings. The van der Waals surface area contributed by atoms with Crippen molar-refractivity contribution in [1.29, 1.82) is 0 Å². The smallest absolute Gasteiger partial charge is 0.307 e. The van der Waals surface area contributed by atoms with E-state index in [9.17, 15) is 26.8 Å². The first kappa shape index (κ1) is 20.0. The molecular formula is C16H17N3O7S2. The monoisotopic (exact) mass is 427 g/mol. The summed E-state index contributed by atoms with van der Waals surface area (Å²) in [5.41, 5.74) is 0.651. The van der Waals surface area contributed by atoms with Crippen molar-refractivity contribution in [2.45, 2.75) is 18.2 Å². The fraction of sp³-hybridized carbons (Fsp3) is 0.312. The number of ketones is 1. The van der Waals surface area contributed by atoms with Gasteiger partial charge < -0.3 is 9.39 Å². The second-order valence-electron chi connectivity index (χ2n) is 6.33. The lowest BCUT2D eigenvalue weighted by Crippen LogP contribution is -2.24. The lowest BCUT2D eigenvalue weighted by molar-refractivity contribution is 0.103. The Morgan fingerprint density at radius 1 is 1.32 bits per heavy atom. The van der Waals surface area contributed by atoms with Gasteiger partial charge >= 0.3 is 10.1 Å². The molecule has 12 heteroatoms. The number of nitrogens with zero attached hydrogens (tertiary/aromatic N) is 3. The second kappa shape index (κ2) is 6.71. The lowest BCUT2D eigenvalue weighted by atomic mass is 9.93. The molecule has 1 N–H and O–H groups in total. The van der Waals surface area contributed by atoms with Gasteiger partial charge in [-0.25, -0.2) is 13.1 Å². The number of hydrogen-bond acceptors (Lipinski definition) is 9. The fourth-order valence-corrected chi connectivity index (χ4v) is 5.11. The number of hydrogen-bond donors (Lipinski definition) is 1. The first-order valence-electron chi connectivity index (χ1n) is 8.00. The Morgan fingerprint density at radius 3 is 2.61 bits per heavy atom. The molecule has 0 amide bonds. The third kappa shape index (κ3) is 3.40. The van der Waals surface area contributed by atoms with Crippen molar-refractivity contribution in [3.63, 3.8) is 0 Å². The fourth-order valence-electron chi connectivity index (χ4n) is 3.09. The Labute approximate surface area is 161 Å². The maximum absolute atomic E-state index is 13.0. The van der Waals surface area contributed by atoms with Gasteiger partial charge in [-0.15, -0.1) is 0 Å². The summed E-state index contributed by atoms with van der Waals surface area (Å²) in [7, 11) is -6.05. The van der Waals surface area contributed by atoms with Crippen LogP contribution >= 0.6 is 0 Å².